The first kappa shape index (κ1) is 62.1. The van der Waals surface area contributed by atoms with Crippen molar-refractivity contribution in [2.45, 2.75) is 145 Å². The van der Waals surface area contributed by atoms with Gasteiger partial charge in [0.2, 0.25) is 35.4 Å². The average Bonchev–Trinajstić information content (AvgIpc) is 4.06. The number of amides is 7. The van der Waals surface area contributed by atoms with Crippen molar-refractivity contribution in [2.75, 3.05) is 19.7 Å². The second kappa shape index (κ2) is 27.5. The van der Waals surface area contributed by atoms with Gasteiger partial charge < -0.3 is 87.1 Å². The summed E-state index contributed by atoms with van der Waals surface area (Å²) in [5.41, 5.74) is 3.37. The van der Waals surface area contributed by atoms with Crippen LogP contribution in [-0.4, -0.2) is 196 Å². The Morgan fingerprint density at radius 1 is 0.634 bits per heavy atom. The molecule has 7 rings (SSSR count). The maximum atomic E-state index is 14.5. The van der Waals surface area contributed by atoms with E-state index in [-0.39, 0.29) is 23.4 Å². The molecule has 24 heteroatoms. The summed E-state index contributed by atoms with van der Waals surface area (Å²) in [6.07, 6.45) is -13.6. The van der Waals surface area contributed by atoms with Crippen molar-refractivity contribution in [1.82, 2.24) is 36.4 Å². The minimum Gasteiger partial charge on any atom is -0.508 e. The molecule has 3 saturated heterocycles. The third-order valence-electron chi connectivity index (χ3n) is 15.0. The Bertz CT molecular complexity index is 2880. The monoisotopic (exact) mass is 1140 g/mol. The van der Waals surface area contributed by atoms with Gasteiger partial charge in [0.25, 0.3) is 5.91 Å². The number of carbonyl (C=O) groups is 7. The third-order valence-corrected chi connectivity index (χ3v) is 15.0. The summed E-state index contributed by atoms with van der Waals surface area (Å²) in [7, 11) is 0. The molecule has 3 aliphatic rings. The number of rotatable bonds is 14. The lowest BCUT2D eigenvalue weighted by Gasteiger charge is -2.34. The maximum Gasteiger partial charge on any atom is 0.251 e. The van der Waals surface area contributed by atoms with Crippen molar-refractivity contribution in [2.24, 2.45) is 5.92 Å². The number of unbranched alkanes of at least 4 members (excludes halogenated alkanes) is 2. The van der Waals surface area contributed by atoms with Crippen LogP contribution in [0.4, 0.5) is 0 Å². The van der Waals surface area contributed by atoms with Gasteiger partial charge in [-0.3, -0.25) is 33.6 Å². The second-order valence-electron chi connectivity index (χ2n) is 21.3. The van der Waals surface area contributed by atoms with Gasteiger partial charge in [-0.05, 0) is 84.5 Å². The van der Waals surface area contributed by atoms with E-state index in [1.54, 1.807) is 12.1 Å². The van der Waals surface area contributed by atoms with E-state index in [0.29, 0.717) is 12.2 Å². The summed E-state index contributed by atoms with van der Waals surface area (Å²) in [5, 5.41) is 111. The zero-order valence-electron chi connectivity index (χ0n) is 45.7. The largest absolute Gasteiger partial charge is 0.508 e. The Morgan fingerprint density at radius 2 is 1.16 bits per heavy atom. The molecule has 0 aliphatic carbocycles. The number of aromatic hydroxyl groups is 1. The lowest BCUT2D eigenvalue weighted by Crippen LogP contribution is -2.64. The van der Waals surface area contributed by atoms with Gasteiger partial charge in [0, 0.05) is 37.4 Å². The van der Waals surface area contributed by atoms with Crippen molar-refractivity contribution in [1.29, 1.82) is 0 Å². The van der Waals surface area contributed by atoms with Crippen LogP contribution in [0, 0.1) is 5.92 Å². The number of fused-ring (bicyclic) bond motifs is 2. The number of hydrogen-bond donors (Lipinski definition) is 14. The fraction of sp³-hybridized carbons (Fsp3) is 0.466. The zero-order chi connectivity index (χ0) is 59.7. The van der Waals surface area contributed by atoms with Gasteiger partial charge in [0.15, 0.2) is 6.23 Å². The number of ether oxygens (including phenoxy) is 1. The first-order valence-corrected chi connectivity index (χ1v) is 27.3. The number of phenolic OH excluding ortho intramolecular Hbond substituents is 1. The van der Waals surface area contributed by atoms with E-state index in [2.05, 4.69) is 33.5 Å². The molecule has 7 amide bonds. The molecule has 0 unspecified atom stereocenters. The Labute approximate surface area is 473 Å². The van der Waals surface area contributed by atoms with Gasteiger partial charge in [0.05, 0.1) is 31.0 Å². The number of nitrogens with zero attached hydrogens (tertiary/aromatic N) is 2. The van der Waals surface area contributed by atoms with Crippen molar-refractivity contribution < 1.29 is 84.3 Å². The van der Waals surface area contributed by atoms with E-state index < -0.39 is 152 Å². The van der Waals surface area contributed by atoms with E-state index >= 15 is 0 Å². The van der Waals surface area contributed by atoms with Crippen molar-refractivity contribution in [3.63, 3.8) is 0 Å². The Balaban J connectivity index is 1.18. The quantitative estimate of drug-likeness (QED) is 0.0679. The van der Waals surface area contributed by atoms with Crippen LogP contribution in [0.25, 0.3) is 22.3 Å². The summed E-state index contributed by atoms with van der Waals surface area (Å²) in [6, 6.07) is 14.7. The van der Waals surface area contributed by atoms with Gasteiger partial charge in [-0.2, -0.15) is 0 Å². The highest BCUT2D eigenvalue weighted by molar-refractivity contribution is 6.00. The predicted molar refractivity (Wildman–Crippen MR) is 293 cm³/mol. The molecular weight excluding hydrogens is 1070 g/mol. The Morgan fingerprint density at radius 3 is 1.72 bits per heavy atom. The molecule has 0 aromatic heterocycles. The smallest absolute Gasteiger partial charge is 0.251 e. The molecule has 0 bridgehead atoms. The molecule has 4 aromatic rings. The van der Waals surface area contributed by atoms with E-state index in [9.17, 15) is 79.5 Å². The number of phenols is 1. The lowest BCUT2D eigenvalue weighted by atomic mass is 9.96. The van der Waals surface area contributed by atoms with Crippen LogP contribution in [0.3, 0.4) is 0 Å². The van der Waals surface area contributed by atoms with Crippen LogP contribution in [0.15, 0.2) is 97.1 Å². The molecular formula is C58H73N7O17. The highest BCUT2D eigenvalue weighted by atomic mass is 16.5. The second-order valence-corrected chi connectivity index (χ2v) is 21.3. The highest BCUT2D eigenvalue weighted by Gasteiger charge is 2.50. The first-order chi connectivity index (χ1) is 39.0. The molecule has 3 fully saturated rings. The van der Waals surface area contributed by atoms with Gasteiger partial charge in [-0.25, -0.2) is 0 Å². The molecule has 3 aliphatic heterocycles. The fourth-order valence-electron chi connectivity index (χ4n) is 10.2. The fourth-order valence-corrected chi connectivity index (χ4v) is 10.2. The number of nitrogens with one attached hydrogen (secondary N) is 5. The molecule has 82 heavy (non-hydrogen) atoms. The van der Waals surface area contributed by atoms with Crippen LogP contribution >= 0.6 is 0 Å². The normalized spacial score (nSPS) is 27.5. The zero-order valence-corrected chi connectivity index (χ0v) is 45.7. The molecule has 4 aromatic carbocycles. The highest BCUT2D eigenvalue weighted by Crippen LogP contribution is 2.30. The van der Waals surface area contributed by atoms with Crippen molar-refractivity contribution in [3.05, 3.63) is 108 Å². The van der Waals surface area contributed by atoms with E-state index in [1.165, 1.54) is 31.2 Å². The molecule has 0 spiro atoms. The van der Waals surface area contributed by atoms with Crippen molar-refractivity contribution in [3.8, 4) is 33.8 Å². The van der Waals surface area contributed by atoms with E-state index in [4.69, 9.17) is 4.74 Å². The summed E-state index contributed by atoms with van der Waals surface area (Å²) < 4.78 is 5.84. The molecule has 0 saturated carbocycles. The SMILES string of the molecule is CCCCCOc1ccc(-c2ccc(-c3ccc(C(=O)N[C@H]4C[C@@H](O)[C@@H](O)NC(=O)[C@H]5[C@@H](O)[C@@H](C)CN5C(=O)[C@H]([C@@H](C)O)NC(=O)[C@H]([C@H](O)[C@@H](O)c5ccc(O)cc5)NC(=O)[C@@H]5C[C@@H](O)CN5C(=O)[C@H]([C@@H](C)O)NC4=O)cc3)cc2)cc1. The van der Waals surface area contributed by atoms with Gasteiger partial charge in [-0.15, -0.1) is 0 Å². The summed E-state index contributed by atoms with van der Waals surface area (Å²) in [5.74, 6) is -8.67. The van der Waals surface area contributed by atoms with Crippen LogP contribution in [0.2, 0.25) is 0 Å². The summed E-state index contributed by atoms with van der Waals surface area (Å²) in [6.45, 7) is 5.47. The lowest BCUT2D eigenvalue weighted by molar-refractivity contribution is -0.148. The van der Waals surface area contributed by atoms with Gasteiger partial charge in [-0.1, -0.05) is 87.4 Å². The first-order valence-electron chi connectivity index (χ1n) is 27.3. The summed E-state index contributed by atoms with van der Waals surface area (Å²) in [4.78, 5) is 102. The topological polar surface area (TPSA) is 377 Å². The average molecular weight is 1140 g/mol. The molecule has 3 heterocycles. The molecule has 442 valence electrons. The molecule has 14 N–H and O–H groups in total. The van der Waals surface area contributed by atoms with Crippen LogP contribution in [0.1, 0.15) is 81.8 Å². The minimum absolute atomic E-state index is 0.00973. The van der Waals surface area contributed by atoms with Crippen LogP contribution < -0.4 is 31.3 Å². The van der Waals surface area contributed by atoms with Crippen molar-refractivity contribution >= 4 is 41.4 Å². The van der Waals surface area contributed by atoms with Gasteiger partial charge >= 0.3 is 0 Å². The van der Waals surface area contributed by atoms with Crippen LogP contribution in [-0.2, 0) is 28.8 Å². The predicted octanol–water partition coefficient (Wildman–Crippen LogP) is -0.927. The maximum absolute atomic E-state index is 14.5. The molecule has 24 nitrogen and oxygen atoms in total. The van der Waals surface area contributed by atoms with Crippen LogP contribution in [0.5, 0.6) is 11.5 Å². The van der Waals surface area contributed by atoms with E-state index in [1.807, 2.05) is 48.5 Å². The Kier molecular flexibility index (Phi) is 20.8. The number of carbonyl (C=O) groups excluding carboxylic acids is 7. The number of benzene rings is 4. The number of aliphatic hydroxyl groups is 8. The molecule has 0 radical (unpaired) electrons. The Hall–Kier alpha value is -7.55. The summed E-state index contributed by atoms with van der Waals surface area (Å²) >= 11 is 0. The van der Waals surface area contributed by atoms with E-state index in [0.717, 1.165) is 77.5 Å². The number of aliphatic hydroxyl groups excluding tert-OH is 8. The standard InChI is InChI=1S/C58H73N7O17/c1-5-6-7-24-82-40-22-18-35(19-23-40)33-10-8-32(9-11-33)34-12-14-37(15-13-34)51(74)59-41-26-43(70)54(77)63-56(79)47-48(71)29(2)27-65(47)58(81)45(31(4)67)61-55(78)46(50(73)49(72)36-16-20-38(68)21-17-36)62-53(76)42-25-39(69)28-64(42)57(80)44(30(3)66)60-52(41)75/h8-23,29-31,39,41-50,54,66-73,77H,5-7,24-28H2,1-4H3,(H,59,74)(H,60,75)(H,61,78)(H,62,76)(H,63,79)/t29-,30+,31+,39+,41-,42-,43+,44-,45-,46-,47+,48-,49-,50-,54+/m0/s1. The number of hydrogen-bond acceptors (Lipinski definition) is 17. The minimum atomic E-state index is -2.29. The van der Waals surface area contributed by atoms with Gasteiger partial charge in [0.1, 0.15) is 66.1 Å². The third kappa shape index (κ3) is 14.7. The molecule has 15 atom stereocenters.